The number of nitrogens with one attached hydrogen (secondary N) is 1. The van der Waals surface area contributed by atoms with Crippen molar-refractivity contribution in [3.63, 3.8) is 0 Å². The molecule has 0 spiro atoms. The number of benzene rings is 1. The highest BCUT2D eigenvalue weighted by atomic mass is 35.5. The molecule has 0 bridgehead atoms. The summed E-state index contributed by atoms with van der Waals surface area (Å²) in [5, 5.41) is 3.61. The van der Waals surface area contributed by atoms with Crippen molar-refractivity contribution in [3.05, 3.63) is 28.2 Å². The van der Waals surface area contributed by atoms with Gasteiger partial charge >= 0.3 is 0 Å². The van der Waals surface area contributed by atoms with Crippen molar-refractivity contribution in [2.75, 3.05) is 24.6 Å². The third kappa shape index (κ3) is 3.62. The van der Waals surface area contributed by atoms with E-state index in [1.807, 2.05) is 0 Å². The molecule has 0 radical (unpaired) electrons. The number of hydrogen-bond donors (Lipinski definition) is 1. The highest BCUT2D eigenvalue weighted by molar-refractivity contribution is 6.44. The summed E-state index contributed by atoms with van der Waals surface area (Å²) < 4.78 is 5.48. The second kappa shape index (κ2) is 7.07. The summed E-state index contributed by atoms with van der Waals surface area (Å²) in [6.45, 7) is 1.57. The van der Waals surface area contributed by atoms with Gasteiger partial charge in [-0.3, -0.25) is 9.59 Å². The molecule has 23 heavy (non-hydrogen) atoms. The summed E-state index contributed by atoms with van der Waals surface area (Å²) in [5.41, 5.74) is 0.554. The van der Waals surface area contributed by atoms with Crippen LogP contribution >= 0.6 is 23.2 Å². The molecule has 5 nitrogen and oxygen atoms in total. The summed E-state index contributed by atoms with van der Waals surface area (Å²) in [6.07, 6.45) is 2.27. The van der Waals surface area contributed by atoms with E-state index in [9.17, 15) is 9.59 Å². The average Bonchev–Trinajstić information content (AvgIpc) is 3.17. The van der Waals surface area contributed by atoms with Crippen LogP contribution in [0.5, 0.6) is 0 Å². The van der Waals surface area contributed by atoms with Crippen molar-refractivity contribution >= 4 is 40.7 Å². The van der Waals surface area contributed by atoms with E-state index in [4.69, 9.17) is 27.9 Å². The molecule has 3 rings (SSSR count). The molecule has 2 amide bonds. The van der Waals surface area contributed by atoms with Crippen molar-refractivity contribution in [2.24, 2.45) is 5.92 Å². The molecule has 1 N–H and O–H groups in total. The summed E-state index contributed by atoms with van der Waals surface area (Å²) in [6, 6.07) is 5.14. The first-order chi connectivity index (χ1) is 11.1. The lowest BCUT2D eigenvalue weighted by atomic mass is 10.1. The molecule has 1 aromatic carbocycles. The highest BCUT2D eigenvalue weighted by Gasteiger charge is 2.36. The molecule has 0 saturated carbocycles. The lowest BCUT2D eigenvalue weighted by molar-refractivity contribution is -0.126. The molecule has 2 fully saturated rings. The quantitative estimate of drug-likeness (QED) is 0.901. The fourth-order valence-corrected chi connectivity index (χ4v) is 3.38. The maximum Gasteiger partial charge on any atom is 0.227 e. The summed E-state index contributed by atoms with van der Waals surface area (Å²) >= 11 is 12.2. The molecule has 2 aliphatic heterocycles. The van der Waals surface area contributed by atoms with E-state index in [2.05, 4.69) is 5.32 Å². The Kier molecular flexibility index (Phi) is 5.09. The topological polar surface area (TPSA) is 58.6 Å². The normalized spacial score (nSPS) is 24.3. The smallest absolute Gasteiger partial charge is 0.227 e. The minimum Gasteiger partial charge on any atom is -0.376 e. The molecule has 2 saturated heterocycles. The number of nitrogens with zero attached hydrogens (tertiary/aromatic N) is 1. The van der Waals surface area contributed by atoms with Crippen LogP contribution < -0.4 is 10.2 Å². The first-order valence-corrected chi connectivity index (χ1v) is 8.45. The number of halogens is 2. The fraction of sp³-hybridized carbons (Fsp3) is 0.500. The molecule has 124 valence electrons. The van der Waals surface area contributed by atoms with E-state index in [1.54, 1.807) is 18.2 Å². The minimum absolute atomic E-state index is 0.0922. The second-order valence-corrected chi connectivity index (χ2v) is 6.64. The van der Waals surface area contributed by atoms with E-state index in [1.165, 1.54) is 4.90 Å². The maximum absolute atomic E-state index is 12.3. The van der Waals surface area contributed by atoms with Gasteiger partial charge in [0.2, 0.25) is 11.8 Å². The number of anilines is 1. The molecule has 2 atom stereocenters. The molecule has 0 aromatic heterocycles. The van der Waals surface area contributed by atoms with E-state index < -0.39 is 0 Å². The average molecular weight is 357 g/mol. The zero-order chi connectivity index (χ0) is 16.4. The molecule has 2 heterocycles. The van der Waals surface area contributed by atoms with Crippen LogP contribution in [0.25, 0.3) is 0 Å². The first kappa shape index (κ1) is 16.6. The molecular formula is C16H18Cl2N2O3. The molecular weight excluding hydrogens is 339 g/mol. The monoisotopic (exact) mass is 356 g/mol. The lowest BCUT2D eigenvalue weighted by Gasteiger charge is -2.19. The van der Waals surface area contributed by atoms with E-state index in [0.29, 0.717) is 28.8 Å². The van der Waals surface area contributed by atoms with Crippen LogP contribution in [0.3, 0.4) is 0 Å². The van der Waals surface area contributed by atoms with Gasteiger partial charge in [0.15, 0.2) is 0 Å². The Balaban J connectivity index is 1.62. The summed E-state index contributed by atoms with van der Waals surface area (Å²) in [5.74, 6) is -0.611. The SMILES string of the molecule is O=C(NC[C@@H]1CCCO1)[C@H]1CC(=O)N(c2cccc(Cl)c2Cl)C1. The Morgan fingerprint density at radius 2 is 2.22 bits per heavy atom. The number of carbonyl (C=O) groups excluding carboxylic acids is 2. The highest BCUT2D eigenvalue weighted by Crippen LogP contribution is 2.35. The largest absolute Gasteiger partial charge is 0.376 e. The number of amides is 2. The Morgan fingerprint density at radius 1 is 1.39 bits per heavy atom. The maximum atomic E-state index is 12.3. The molecule has 7 heteroatoms. The second-order valence-electron chi connectivity index (χ2n) is 5.86. The van der Waals surface area contributed by atoms with Crippen LogP contribution in [0.1, 0.15) is 19.3 Å². The molecule has 0 aliphatic carbocycles. The van der Waals surface area contributed by atoms with Crippen LogP contribution in [0, 0.1) is 5.92 Å². The van der Waals surface area contributed by atoms with Gasteiger partial charge in [-0.05, 0) is 25.0 Å². The number of rotatable bonds is 4. The third-order valence-corrected chi connectivity index (χ3v) is 5.05. The van der Waals surface area contributed by atoms with Crippen molar-refractivity contribution in [1.82, 2.24) is 5.32 Å². The van der Waals surface area contributed by atoms with Crippen molar-refractivity contribution in [2.45, 2.75) is 25.4 Å². The van der Waals surface area contributed by atoms with Crippen molar-refractivity contribution in [1.29, 1.82) is 0 Å². The van der Waals surface area contributed by atoms with Crippen LogP contribution in [-0.4, -0.2) is 37.6 Å². The van der Waals surface area contributed by atoms with Crippen molar-refractivity contribution in [3.8, 4) is 0 Å². The van der Waals surface area contributed by atoms with Gasteiger partial charge in [-0.15, -0.1) is 0 Å². The predicted octanol–water partition coefficient (Wildman–Crippen LogP) is 2.64. The predicted molar refractivity (Wildman–Crippen MR) is 88.9 cm³/mol. The van der Waals surface area contributed by atoms with Gasteiger partial charge in [0.1, 0.15) is 0 Å². The van der Waals surface area contributed by atoms with Crippen LogP contribution in [0.4, 0.5) is 5.69 Å². The van der Waals surface area contributed by atoms with Crippen LogP contribution in [0.15, 0.2) is 18.2 Å². The van der Waals surface area contributed by atoms with Gasteiger partial charge in [0.05, 0.1) is 27.8 Å². The molecule has 1 aromatic rings. The number of hydrogen-bond acceptors (Lipinski definition) is 3. The first-order valence-electron chi connectivity index (χ1n) is 7.70. The molecule has 2 aliphatic rings. The third-order valence-electron chi connectivity index (χ3n) is 4.25. The Morgan fingerprint density at radius 3 is 2.96 bits per heavy atom. The standard InChI is InChI=1S/C16H18Cl2N2O3/c17-12-4-1-5-13(15(12)18)20-9-10(7-14(20)21)16(22)19-8-11-3-2-6-23-11/h1,4-5,10-11H,2-3,6-9H2,(H,19,22)/t10-,11-/m0/s1. The zero-order valence-corrected chi connectivity index (χ0v) is 14.1. The van der Waals surface area contributed by atoms with Gasteiger partial charge in [-0.25, -0.2) is 0 Å². The minimum atomic E-state index is -0.376. The summed E-state index contributed by atoms with van der Waals surface area (Å²) in [7, 11) is 0. The van der Waals surface area contributed by atoms with Crippen LogP contribution in [0.2, 0.25) is 10.0 Å². The van der Waals surface area contributed by atoms with Gasteiger partial charge in [-0.1, -0.05) is 29.3 Å². The van der Waals surface area contributed by atoms with E-state index in [-0.39, 0.29) is 30.3 Å². The lowest BCUT2D eigenvalue weighted by Crippen LogP contribution is -2.37. The number of carbonyl (C=O) groups is 2. The zero-order valence-electron chi connectivity index (χ0n) is 12.6. The Labute approximate surface area is 144 Å². The van der Waals surface area contributed by atoms with Gasteiger partial charge in [-0.2, -0.15) is 0 Å². The van der Waals surface area contributed by atoms with Gasteiger partial charge < -0.3 is 15.0 Å². The molecule has 0 unspecified atom stereocenters. The number of ether oxygens (including phenoxy) is 1. The Bertz CT molecular complexity index is 617. The Hall–Kier alpha value is -1.30. The van der Waals surface area contributed by atoms with E-state index >= 15 is 0 Å². The van der Waals surface area contributed by atoms with Gasteiger partial charge in [0, 0.05) is 26.1 Å². The van der Waals surface area contributed by atoms with Gasteiger partial charge in [0.25, 0.3) is 0 Å². The van der Waals surface area contributed by atoms with E-state index in [0.717, 1.165) is 19.4 Å². The summed E-state index contributed by atoms with van der Waals surface area (Å²) in [4.78, 5) is 26.0. The van der Waals surface area contributed by atoms with Crippen molar-refractivity contribution < 1.29 is 14.3 Å². The fourth-order valence-electron chi connectivity index (χ4n) is 2.98. The van der Waals surface area contributed by atoms with Crippen LogP contribution in [-0.2, 0) is 14.3 Å².